The molecule has 1 aromatic heterocycles. The fourth-order valence-corrected chi connectivity index (χ4v) is 3.54. The summed E-state index contributed by atoms with van der Waals surface area (Å²) < 4.78 is 25.5. The van der Waals surface area contributed by atoms with Crippen molar-refractivity contribution >= 4 is 23.6 Å². The number of aromatic nitrogens is 3. The molecule has 1 amide bonds. The third kappa shape index (κ3) is 5.60. The molecule has 0 aliphatic carbocycles. The normalized spacial score (nSPS) is 10.5. The number of hydrogen-bond acceptors (Lipinski definition) is 7. The number of para-hydroxylation sites is 2. The number of amides is 1. The lowest BCUT2D eigenvalue weighted by molar-refractivity contribution is -0.139. The first-order valence-electron chi connectivity index (χ1n) is 9.43. The highest BCUT2D eigenvalue weighted by atomic mass is 32.2. The smallest absolute Gasteiger partial charge is 0.316 e. The Morgan fingerprint density at radius 2 is 1.97 bits per heavy atom. The Bertz CT molecular complexity index is 1070. The van der Waals surface area contributed by atoms with E-state index >= 15 is 0 Å². The number of halogens is 1. The molecule has 10 heteroatoms. The number of nitrogens with one attached hydrogen (secondary N) is 1. The summed E-state index contributed by atoms with van der Waals surface area (Å²) in [5.74, 6) is -0.282. The van der Waals surface area contributed by atoms with Gasteiger partial charge in [-0.1, -0.05) is 30.0 Å². The highest BCUT2D eigenvalue weighted by Gasteiger charge is 2.19. The summed E-state index contributed by atoms with van der Waals surface area (Å²) in [6.45, 7) is 2.05. The summed E-state index contributed by atoms with van der Waals surface area (Å²) in [5.41, 5.74) is 0.844. The van der Waals surface area contributed by atoms with Crippen molar-refractivity contribution in [3.63, 3.8) is 0 Å². The minimum Gasteiger partial charge on any atom is -0.495 e. The summed E-state index contributed by atoms with van der Waals surface area (Å²) in [6, 6.07) is 12.6. The lowest BCUT2D eigenvalue weighted by Crippen LogP contribution is -2.24. The van der Waals surface area contributed by atoms with E-state index in [-0.39, 0.29) is 30.4 Å². The Labute approximate surface area is 182 Å². The molecule has 162 valence electrons. The number of hydrogen-bond donors (Lipinski definition) is 1. The van der Waals surface area contributed by atoms with Gasteiger partial charge in [0.2, 0.25) is 0 Å². The molecule has 8 nitrogen and oxygen atoms in total. The highest BCUT2D eigenvalue weighted by Crippen LogP contribution is 2.28. The molecule has 31 heavy (non-hydrogen) atoms. The van der Waals surface area contributed by atoms with E-state index in [1.54, 1.807) is 24.7 Å². The lowest BCUT2D eigenvalue weighted by atomic mass is 10.2. The van der Waals surface area contributed by atoms with Crippen LogP contribution in [0.25, 0.3) is 5.69 Å². The van der Waals surface area contributed by atoms with Crippen LogP contribution < -0.4 is 10.1 Å². The summed E-state index contributed by atoms with van der Waals surface area (Å²) in [6.07, 6.45) is 0. The van der Waals surface area contributed by atoms with Crippen LogP contribution in [0.5, 0.6) is 5.75 Å². The molecule has 0 spiro atoms. The van der Waals surface area contributed by atoms with Crippen LogP contribution in [0.15, 0.2) is 53.7 Å². The zero-order valence-corrected chi connectivity index (χ0v) is 17.8. The summed E-state index contributed by atoms with van der Waals surface area (Å²) in [7, 11) is 1.54. The van der Waals surface area contributed by atoms with E-state index in [9.17, 15) is 14.0 Å². The van der Waals surface area contributed by atoms with Crippen LogP contribution in [0.2, 0.25) is 0 Å². The molecule has 2 aromatic carbocycles. The molecule has 1 N–H and O–H groups in total. The van der Waals surface area contributed by atoms with E-state index in [1.807, 2.05) is 18.2 Å². The molecule has 0 saturated heterocycles. The number of thioether (sulfide) groups is 1. The maximum absolute atomic E-state index is 13.4. The van der Waals surface area contributed by atoms with E-state index in [0.717, 1.165) is 17.8 Å². The molecule has 0 radical (unpaired) electrons. The van der Waals surface area contributed by atoms with Crippen molar-refractivity contribution in [1.29, 1.82) is 0 Å². The maximum atomic E-state index is 13.4. The van der Waals surface area contributed by atoms with Crippen LogP contribution in [-0.4, -0.2) is 46.1 Å². The minimum atomic E-state index is -0.498. The van der Waals surface area contributed by atoms with E-state index in [4.69, 9.17) is 9.47 Å². The van der Waals surface area contributed by atoms with Crippen LogP contribution in [0.4, 0.5) is 4.39 Å². The summed E-state index contributed by atoms with van der Waals surface area (Å²) >= 11 is 1.16. The highest BCUT2D eigenvalue weighted by molar-refractivity contribution is 7.99. The fourth-order valence-electron chi connectivity index (χ4n) is 2.78. The van der Waals surface area contributed by atoms with Crippen LogP contribution in [0.3, 0.4) is 0 Å². The largest absolute Gasteiger partial charge is 0.495 e. The molecular formula is C21H21FN4O4S. The Morgan fingerprint density at radius 1 is 1.16 bits per heavy atom. The number of carbonyl (C=O) groups is 2. The van der Waals surface area contributed by atoms with Gasteiger partial charge in [-0.15, -0.1) is 10.2 Å². The number of benzene rings is 2. The van der Waals surface area contributed by atoms with Crippen molar-refractivity contribution in [2.45, 2.75) is 18.6 Å². The molecule has 3 rings (SSSR count). The average Bonchev–Trinajstić information content (AvgIpc) is 3.18. The van der Waals surface area contributed by atoms with Crippen molar-refractivity contribution < 1.29 is 23.5 Å². The fraction of sp³-hybridized carbons (Fsp3) is 0.238. The second kappa shape index (κ2) is 10.6. The maximum Gasteiger partial charge on any atom is 0.316 e. The summed E-state index contributed by atoms with van der Waals surface area (Å²) in [5, 5.41) is 11.5. The van der Waals surface area contributed by atoms with E-state index < -0.39 is 11.7 Å². The molecule has 0 aliphatic heterocycles. The Balaban J connectivity index is 1.87. The third-order valence-corrected chi connectivity index (χ3v) is 5.05. The first-order chi connectivity index (χ1) is 15.0. The second-order valence-corrected chi connectivity index (χ2v) is 7.14. The average molecular weight is 444 g/mol. The molecule has 0 unspecified atom stereocenters. The number of rotatable bonds is 9. The number of ether oxygens (including phenoxy) is 2. The van der Waals surface area contributed by atoms with Crippen molar-refractivity contribution in [2.24, 2.45) is 0 Å². The minimum absolute atomic E-state index is 0.0281. The van der Waals surface area contributed by atoms with Gasteiger partial charge < -0.3 is 14.8 Å². The van der Waals surface area contributed by atoms with Crippen LogP contribution in [0.1, 0.15) is 23.1 Å². The van der Waals surface area contributed by atoms with Gasteiger partial charge in [0.1, 0.15) is 11.6 Å². The predicted molar refractivity (Wildman–Crippen MR) is 113 cm³/mol. The van der Waals surface area contributed by atoms with Gasteiger partial charge in [-0.05, 0) is 37.3 Å². The molecule has 0 aliphatic rings. The zero-order chi connectivity index (χ0) is 22.2. The van der Waals surface area contributed by atoms with Gasteiger partial charge >= 0.3 is 5.97 Å². The van der Waals surface area contributed by atoms with Gasteiger partial charge in [0.05, 0.1) is 31.7 Å². The Morgan fingerprint density at radius 3 is 2.71 bits per heavy atom. The predicted octanol–water partition coefficient (Wildman–Crippen LogP) is 3.00. The summed E-state index contributed by atoms with van der Waals surface area (Å²) in [4.78, 5) is 24.2. The zero-order valence-electron chi connectivity index (χ0n) is 17.0. The topological polar surface area (TPSA) is 95.3 Å². The standard InChI is InChI=1S/C21H21FN4O4S/c1-3-30-19(27)13-31-21-25-24-18(26(21)16-9-4-5-10-17(16)29-2)12-23-20(28)14-7-6-8-15(22)11-14/h4-11H,3,12-13H2,1-2H3,(H,23,28). The number of esters is 1. The molecule has 0 atom stereocenters. The van der Waals surface area contributed by atoms with Crippen LogP contribution in [0, 0.1) is 5.82 Å². The first kappa shape index (κ1) is 22.3. The molecule has 0 bridgehead atoms. The number of carbonyl (C=O) groups excluding carboxylic acids is 2. The van der Waals surface area contributed by atoms with Gasteiger partial charge in [-0.2, -0.15) is 0 Å². The van der Waals surface area contributed by atoms with Gasteiger partial charge in [0.15, 0.2) is 11.0 Å². The van der Waals surface area contributed by atoms with Crippen LogP contribution >= 0.6 is 11.8 Å². The van der Waals surface area contributed by atoms with Crippen molar-refractivity contribution in [3.05, 3.63) is 65.7 Å². The molecule has 0 fully saturated rings. The van der Waals surface area contributed by atoms with E-state index in [1.165, 1.54) is 18.2 Å². The van der Waals surface area contributed by atoms with Gasteiger partial charge in [-0.3, -0.25) is 14.2 Å². The third-order valence-electron chi connectivity index (χ3n) is 4.14. The first-order valence-corrected chi connectivity index (χ1v) is 10.4. The van der Waals surface area contributed by atoms with E-state index in [2.05, 4.69) is 15.5 Å². The molecule has 0 saturated carbocycles. The molecular weight excluding hydrogens is 423 g/mol. The monoisotopic (exact) mass is 444 g/mol. The van der Waals surface area contributed by atoms with Gasteiger partial charge in [0.25, 0.3) is 5.91 Å². The van der Waals surface area contributed by atoms with Crippen molar-refractivity contribution in [2.75, 3.05) is 19.5 Å². The Hall–Kier alpha value is -3.40. The van der Waals surface area contributed by atoms with Crippen molar-refractivity contribution in [3.8, 4) is 11.4 Å². The van der Waals surface area contributed by atoms with Gasteiger partial charge in [-0.25, -0.2) is 4.39 Å². The quantitative estimate of drug-likeness (QED) is 0.400. The van der Waals surface area contributed by atoms with E-state index in [0.29, 0.717) is 22.4 Å². The SMILES string of the molecule is CCOC(=O)CSc1nnc(CNC(=O)c2cccc(F)c2)n1-c1ccccc1OC. The van der Waals surface area contributed by atoms with Crippen molar-refractivity contribution in [1.82, 2.24) is 20.1 Å². The van der Waals surface area contributed by atoms with Gasteiger partial charge in [0, 0.05) is 5.56 Å². The molecule has 1 heterocycles. The number of methoxy groups -OCH3 is 1. The Kier molecular flexibility index (Phi) is 7.60. The lowest BCUT2D eigenvalue weighted by Gasteiger charge is -2.14. The second-order valence-electron chi connectivity index (χ2n) is 6.19. The molecule has 3 aromatic rings. The number of nitrogens with zero attached hydrogens (tertiary/aromatic N) is 3. The van der Waals surface area contributed by atoms with Crippen LogP contribution in [-0.2, 0) is 16.1 Å².